The fourth-order valence-electron chi connectivity index (χ4n) is 2.16. The second-order valence-electron chi connectivity index (χ2n) is 5.05. The highest BCUT2D eigenvalue weighted by molar-refractivity contribution is 8.00. The van der Waals surface area contributed by atoms with Crippen molar-refractivity contribution >= 4 is 35.0 Å². The standard InChI is InChI=1S/C16H15NO4S2/c1-10-8-22-16(17-10)23-9-11-4-2-3-5-12(11)14(18)21-13-6-7-20-15(13)19/h2-5,8,13H,6-7,9H2,1H3/t13-/m0/s1. The van der Waals surface area contributed by atoms with Crippen LogP contribution in [0.1, 0.15) is 28.0 Å². The monoisotopic (exact) mass is 349 g/mol. The number of rotatable bonds is 5. The summed E-state index contributed by atoms with van der Waals surface area (Å²) in [5.41, 5.74) is 2.33. The summed E-state index contributed by atoms with van der Waals surface area (Å²) in [4.78, 5) is 28.2. The number of hydrogen-bond acceptors (Lipinski definition) is 7. The molecule has 7 heteroatoms. The largest absolute Gasteiger partial charge is 0.463 e. The minimum atomic E-state index is -0.787. The molecule has 23 heavy (non-hydrogen) atoms. The first-order chi connectivity index (χ1) is 11.1. The molecule has 0 spiro atoms. The van der Waals surface area contributed by atoms with Gasteiger partial charge in [-0.3, -0.25) is 0 Å². The highest BCUT2D eigenvalue weighted by Crippen LogP contribution is 2.27. The molecule has 1 fully saturated rings. The first-order valence-corrected chi connectivity index (χ1v) is 9.00. The molecule has 3 rings (SSSR count). The van der Waals surface area contributed by atoms with Gasteiger partial charge in [0.25, 0.3) is 0 Å². The molecule has 0 radical (unpaired) electrons. The number of hydrogen-bond donors (Lipinski definition) is 0. The quantitative estimate of drug-likeness (QED) is 0.610. The molecule has 0 amide bonds. The van der Waals surface area contributed by atoms with E-state index in [0.29, 0.717) is 24.3 Å². The molecule has 1 atom stereocenters. The fraction of sp³-hybridized carbons (Fsp3) is 0.312. The predicted octanol–water partition coefficient (Wildman–Crippen LogP) is 3.22. The third-order valence-corrected chi connectivity index (χ3v) is 5.51. The van der Waals surface area contributed by atoms with Crippen LogP contribution in [-0.2, 0) is 20.0 Å². The molecule has 5 nitrogen and oxygen atoms in total. The number of thioether (sulfide) groups is 1. The van der Waals surface area contributed by atoms with Gasteiger partial charge in [0.05, 0.1) is 12.2 Å². The van der Waals surface area contributed by atoms with E-state index >= 15 is 0 Å². The van der Waals surface area contributed by atoms with Gasteiger partial charge in [0, 0.05) is 23.2 Å². The Morgan fingerprint density at radius 3 is 3.00 bits per heavy atom. The fourth-order valence-corrected chi connectivity index (χ4v) is 4.01. The van der Waals surface area contributed by atoms with Crippen molar-refractivity contribution in [3.05, 3.63) is 46.5 Å². The van der Waals surface area contributed by atoms with Crippen LogP contribution < -0.4 is 0 Å². The molecule has 2 heterocycles. The number of ether oxygens (including phenoxy) is 2. The molecule has 2 aromatic rings. The maximum atomic E-state index is 12.3. The summed E-state index contributed by atoms with van der Waals surface area (Å²) < 4.78 is 11.0. The summed E-state index contributed by atoms with van der Waals surface area (Å²) in [6.45, 7) is 2.25. The van der Waals surface area contributed by atoms with Crippen molar-refractivity contribution in [1.29, 1.82) is 0 Å². The van der Waals surface area contributed by atoms with E-state index in [2.05, 4.69) is 4.98 Å². The average molecular weight is 349 g/mol. The highest BCUT2D eigenvalue weighted by atomic mass is 32.2. The second-order valence-corrected chi connectivity index (χ2v) is 7.13. The van der Waals surface area contributed by atoms with E-state index in [9.17, 15) is 9.59 Å². The Labute approximate surface area is 142 Å². The van der Waals surface area contributed by atoms with Gasteiger partial charge < -0.3 is 9.47 Å². The van der Waals surface area contributed by atoms with Crippen LogP contribution in [0.15, 0.2) is 34.0 Å². The minimum Gasteiger partial charge on any atom is -0.463 e. The lowest BCUT2D eigenvalue weighted by Gasteiger charge is -2.11. The molecule has 120 valence electrons. The summed E-state index contributed by atoms with van der Waals surface area (Å²) in [7, 11) is 0. The van der Waals surface area contributed by atoms with Crippen molar-refractivity contribution in [2.45, 2.75) is 29.5 Å². The van der Waals surface area contributed by atoms with Crippen LogP contribution in [-0.4, -0.2) is 29.6 Å². The summed E-state index contributed by atoms with van der Waals surface area (Å²) >= 11 is 3.16. The van der Waals surface area contributed by atoms with Gasteiger partial charge in [0.1, 0.15) is 4.34 Å². The van der Waals surface area contributed by atoms with Crippen LogP contribution in [0.25, 0.3) is 0 Å². The van der Waals surface area contributed by atoms with Crippen molar-refractivity contribution in [1.82, 2.24) is 4.98 Å². The van der Waals surface area contributed by atoms with Crippen molar-refractivity contribution in [2.24, 2.45) is 0 Å². The average Bonchev–Trinajstić information content (AvgIpc) is 3.14. The number of nitrogens with zero attached hydrogens (tertiary/aromatic N) is 1. The Morgan fingerprint density at radius 2 is 2.30 bits per heavy atom. The van der Waals surface area contributed by atoms with Gasteiger partial charge in [-0.15, -0.1) is 11.3 Å². The number of esters is 2. The lowest BCUT2D eigenvalue weighted by Crippen LogP contribution is -2.23. The van der Waals surface area contributed by atoms with Gasteiger partial charge in [-0.25, -0.2) is 14.6 Å². The maximum Gasteiger partial charge on any atom is 0.347 e. The normalized spacial score (nSPS) is 17.1. The molecule has 0 unspecified atom stereocenters. The number of aromatic nitrogens is 1. The first kappa shape index (κ1) is 16.0. The highest BCUT2D eigenvalue weighted by Gasteiger charge is 2.31. The summed E-state index contributed by atoms with van der Waals surface area (Å²) in [5, 5.41) is 1.99. The molecule has 0 N–H and O–H groups in total. The van der Waals surface area contributed by atoms with Crippen molar-refractivity contribution < 1.29 is 19.1 Å². The first-order valence-electron chi connectivity index (χ1n) is 7.14. The second kappa shape index (κ2) is 7.14. The Kier molecular flexibility index (Phi) is 4.97. The van der Waals surface area contributed by atoms with E-state index in [4.69, 9.17) is 9.47 Å². The van der Waals surface area contributed by atoms with Gasteiger partial charge >= 0.3 is 11.9 Å². The van der Waals surface area contributed by atoms with Crippen LogP contribution in [0.3, 0.4) is 0 Å². The molecule has 1 aromatic carbocycles. The molecule has 0 saturated carbocycles. The van der Waals surface area contributed by atoms with Crippen molar-refractivity contribution in [3.63, 3.8) is 0 Å². The maximum absolute atomic E-state index is 12.3. The number of benzene rings is 1. The van der Waals surface area contributed by atoms with Gasteiger partial charge in [0.2, 0.25) is 6.10 Å². The van der Waals surface area contributed by atoms with E-state index < -0.39 is 18.0 Å². The zero-order valence-corrected chi connectivity index (χ0v) is 14.1. The van der Waals surface area contributed by atoms with Crippen LogP contribution in [0.5, 0.6) is 0 Å². The van der Waals surface area contributed by atoms with Crippen LogP contribution in [0.4, 0.5) is 0 Å². The van der Waals surface area contributed by atoms with Crippen LogP contribution in [0.2, 0.25) is 0 Å². The molecule has 0 aliphatic carbocycles. The van der Waals surface area contributed by atoms with Gasteiger partial charge in [0.15, 0.2) is 0 Å². The van der Waals surface area contributed by atoms with Crippen LogP contribution >= 0.6 is 23.1 Å². The summed E-state index contributed by atoms with van der Waals surface area (Å²) in [5.74, 6) is -0.336. The lowest BCUT2D eigenvalue weighted by molar-refractivity contribution is -0.145. The Bertz CT molecular complexity index is 728. The van der Waals surface area contributed by atoms with Crippen LogP contribution in [0, 0.1) is 6.92 Å². The molecule has 1 aromatic heterocycles. The summed E-state index contributed by atoms with van der Waals surface area (Å²) in [6.07, 6.45) is -0.371. The van der Waals surface area contributed by atoms with Gasteiger partial charge in [-0.05, 0) is 18.6 Å². The van der Waals surface area contributed by atoms with E-state index in [1.54, 1.807) is 35.2 Å². The molecule has 1 saturated heterocycles. The summed E-state index contributed by atoms with van der Waals surface area (Å²) in [6, 6.07) is 7.26. The van der Waals surface area contributed by atoms with E-state index in [-0.39, 0.29) is 0 Å². The Morgan fingerprint density at radius 1 is 1.48 bits per heavy atom. The third-order valence-electron chi connectivity index (χ3n) is 3.32. The molecular weight excluding hydrogens is 334 g/mol. The number of carbonyl (C=O) groups excluding carboxylic acids is 2. The Balaban J connectivity index is 1.69. The zero-order valence-electron chi connectivity index (χ0n) is 12.5. The van der Waals surface area contributed by atoms with E-state index in [1.165, 1.54) is 0 Å². The SMILES string of the molecule is Cc1csc(SCc2ccccc2C(=O)O[C@H]2CCOC2=O)n1. The van der Waals surface area contributed by atoms with Gasteiger partial charge in [-0.2, -0.15) is 0 Å². The zero-order chi connectivity index (χ0) is 16.2. The van der Waals surface area contributed by atoms with Crippen molar-refractivity contribution in [3.8, 4) is 0 Å². The van der Waals surface area contributed by atoms with Gasteiger partial charge in [-0.1, -0.05) is 30.0 Å². The topological polar surface area (TPSA) is 65.5 Å². The smallest absolute Gasteiger partial charge is 0.347 e. The lowest BCUT2D eigenvalue weighted by atomic mass is 10.1. The molecular formula is C16H15NO4S2. The molecule has 1 aliphatic rings. The predicted molar refractivity (Wildman–Crippen MR) is 87.6 cm³/mol. The number of thiazole rings is 1. The Hall–Kier alpha value is -1.86. The molecule has 1 aliphatic heterocycles. The molecule has 0 bridgehead atoms. The number of cyclic esters (lactones) is 1. The van der Waals surface area contributed by atoms with E-state index in [1.807, 2.05) is 24.4 Å². The third kappa shape index (κ3) is 3.92. The minimum absolute atomic E-state index is 0.303. The number of aryl methyl sites for hydroxylation is 1. The van der Waals surface area contributed by atoms with Crippen molar-refractivity contribution in [2.75, 3.05) is 6.61 Å². The number of carbonyl (C=O) groups is 2. The van der Waals surface area contributed by atoms with E-state index in [0.717, 1.165) is 15.6 Å².